The molecule has 14 heavy (non-hydrogen) atoms. The molecule has 1 aliphatic heterocycles. The molecule has 0 bridgehead atoms. The van der Waals surface area contributed by atoms with Gasteiger partial charge in [0.25, 0.3) is 0 Å². The first-order chi connectivity index (χ1) is 6.83. The molecule has 2 heteroatoms. The van der Waals surface area contributed by atoms with Crippen molar-refractivity contribution >= 4 is 0 Å². The van der Waals surface area contributed by atoms with Crippen LogP contribution in [-0.4, -0.2) is 17.8 Å². The summed E-state index contributed by atoms with van der Waals surface area (Å²) in [5.74, 6) is 0. The Bertz CT molecular complexity index is 363. The summed E-state index contributed by atoms with van der Waals surface area (Å²) in [4.78, 5) is 0. The molecule has 0 radical (unpaired) electrons. The minimum Gasteiger partial charge on any atom is -0.385 e. The van der Waals surface area contributed by atoms with Crippen molar-refractivity contribution in [2.75, 3.05) is 6.61 Å². The van der Waals surface area contributed by atoms with Crippen molar-refractivity contribution in [2.24, 2.45) is 0 Å². The average molecular weight is 188 g/mol. The van der Waals surface area contributed by atoms with E-state index >= 15 is 0 Å². The molecule has 1 saturated heterocycles. The van der Waals surface area contributed by atoms with Crippen LogP contribution in [0.3, 0.4) is 0 Å². The van der Waals surface area contributed by atoms with E-state index in [9.17, 15) is 5.11 Å². The lowest BCUT2D eigenvalue weighted by atomic mass is 10.0. The van der Waals surface area contributed by atoms with Crippen molar-refractivity contribution in [1.29, 1.82) is 0 Å². The molecular weight excluding hydrogens is 176 g/mol. The minimum atomic E-state index is -0.602. The van der Waals surface area contributed by atoms with E-state index in [2.05, 4.69) is 12.3 Å². The van der Waals surface area contributed by atoms with Crippen LogP contribution in [0, 0.1) is 0 Å². The summed E-state index contributed by atoms with van der Waals surface area (Å²) in [5, 5.41) is 9.84. The Kier molecular flexibility index (Phi) is 2.51. The van der Waals surface area contributed by atoms with E-state index in [0.29, 0.717) is 6.61 Å². The van der Waals surface area contributed by atoms with Gasteiger partial charge in [-0.2, -0.15) is 0 Å². The predicted molar refractivity (Wildman–Crippen MR) is 53.8 cm³/mol. The van der Waals surface area contributed by atoms with Crippen LogP contribution in [0.1, 0.15) is 11.7 Å². The van der Waals surface area contributed by atoms with Gasteiger partial charge in [0.15, 0.2) is 0 Å². The van der Waals surface area contributed by atoms with Crippen molar-refractivity contribution in [3.8, 4) is 0 Å². The molecule has 0 spiro atoms. The van der Waals surface area contributed by atoms with Crippen LogP contribution in [0.25, 0.3) is 0 Å². The van der Waals surface area contributed by atoms with Gasteiger partial charge in [-0.1, -0.05) is 36.9 Å². The Morgan fingerprint density at radius 2 is 2.07 bits per heavy atom. The Hall–Kier alpha value is -1.34. The number of ether oxygens (including phenoxy) is 1. The molecule has 0 amide bonds. The summed E-state index contributed by atoms with van der Waals surface area (Å²) >= 11 is 0. The standard InChI is InChI=1S/C12H12O2/c1-2-9-8-14-12(11(9)13)10-6-4-3-5-7-10/h3-7,11-13H,1,8H2/t11-,12+/m0/s1. The summed E-state index contributed by atoms with van der Waals surface area (Å²) in [7, 11) is 0. The predicted octanol–water partition coefficient (Wildman–Crippen LogP) is 1.83. The first-order valence-electron chi connectivity index (χ1n) is 4.56. The van der Waals surface area contributed by atoms with Crippen LogP contribution in [0.5, 0.6) is 0 Å². The second-order valence-electron chi connectivity index (χ2n) is 3.29. The second-order valence-corrected chi connectivity index (χ2v) is 3.29. The fourth-order valence-corrected chi connectivity index (χ4v) is 1.62. The third-order valence-electron chi connectivity index (χ3n) is 2.42. The minimum absolute atomic E-state index is 0.263. The molecule has 72 valence electrons. The number of rotatable bonds is 1. The van der Waals surface area contributed by atoms with Gasteiger partial charge in [-0.15, -0.1) is 5.73 Å². The van der Waals surface area contributed by atoms with Crippen molar-refractivity contribution in [3.63, 3.8) is 0 Å². The monoisotopic (exact) mass is 188 g/mol. The first kappa shape index (κ1) is 9.22. The van der Waals surface area contributed by atoms with Crippen LogP contribution in [0.2, 0.25) is 0 Å². The van der Waals surface area contributed by atoms with E-state index in [-0.39, 0.29) is 6.10 Å². The molecule has 1 fully saturated rings. The Balaban J connectivity index is 2.27. The highest BCUT2D eigenvalue weighted by atomic mass is 16.5. The van der Waals surface area contributed by atoms with Gasteiger partial charge < -0.3 is 9.84 Å². The molecule has 1 aromatic carbocycles. The van der Waals surface area contributed by atoms with E-state index in [1.807, 2.05) is 30.3 Å². The largest absolute Gasteiger partial charge is 0.385 e. The summed E-state index contributed by atoms with van der Waals surface area (Å²) < 4.78 is 5.47. The van der Waals surface area contributed by atoms with Gasteiger partial charge in [-0.05, 0) is 5.56 Å². The molecule has 0 aliphatic carbocycles. The van der Waals surface area contributed by atoms with Gasteiger partial charge in [0, 0.05) is 5.57 Å². The molecule has 0 saturated carbocycles. The highest BCUT2D eigenvalue weighted by Gasteiger charge is 2.31. The zero-order valence-electron chi connectivity index (χ0n) is 7.81. The van der Waals surface area contributed by atoms with E-state index < -0.39 is 6.10 Å². The van der Waals surface area contributed by atoms with Crippen LogP contribution in [0.4, 0.5) is 0 Å². The third-order valence-corrected chi connectivity index (χ3v) is 2.42. The van der Waals surface area contributed by atoms with E-state index in [4.69, 9.17) is 4.74 Å². The van der Waals surface area contributed by atoms with Gasteiger partial charge in [-0.3, -0.25) is 0 Å². The molecule has 0 aromatic heterocycles. The Morgan fingerprint density at radius 1 is 1.36 bits per heavy atom. The molecule has 1 N–H and O–H groups in total. The zero-order chi connectivity index (χ0) is 9.97. The average Bonchev–Trinajstić information content (AvgIpc) is 2.61. The molecular formula is C12H12O2. The summed E-state index contributed by atoms with van der Waals surface area (Å²) in [6, 6.07) is 9.69. The fraction of sp³-hybridized carbons (Fsp3) is 0.250. The Labute approximate surface area is 83.1 Å². The summed E-state index contributed by atoms with van der Waals surface area (Å²) in [6.45, 7) is 3.94. The van der Waals surface area contributed by atoms with Gasteiger partial charge in [0.2, 0.25) is 0 Å². The Morgan fingerprint density at radius 3 is 2.64 bits per heavy atom. The van der Waals surface area contributed by atoms with Crippen molar-refractivity contribution in [2.45, 2.75) is 12.2 Å². The van der Waals surface area contributed by atoms with Crippen LogP contribution in [-0.2, 0) is 4.74 Å². The smallest absolute Gasteiger partial charge is 0.115 e. The number of hydrogen-bond donors (Lipinski definition) is 1. The maximum atomic E-state index is 9.84. The topological polar surface area (TPSA) is 29.5 Å². The molecule has 1 heterocycles. The zero-order valence-corrected chi connectivity index (χ0v) is 7.81. The molecule has 2 rings (SSSR count). The quantitative estimate of drug-likeness (QED) is 0.681. The normalized spacial score (nSPS) is 26.2. The van der Waals surface area contributed by atoms with E-state index in [0.717, 1.165) is 11.1 Å². The van der Waals surface area contributed by atoms with E-state index in [1.54, 1.807) is 0 Å². The maximum absolute atomic E-state index is 9.84. The van der Waals surface area contributed by atoms with Crippen molar-refractivity contribution in [3.05, 3.63) is 53.8 Å². The highest BCUT2D eigenvalue weighted by molar-refractivity contribution is 5.25. The van der Waals surface area contributed by atoms with Crippen LogP contribution >= 0.6 is 0 Å². The number of hydrogen-bond acceptors (Lipinski definition) is 2. The van der Waals surface area contributed by atoms with E-state index in [1.165, 1.54) is 0 Å². The number of aliphatic hydroxyl groups excluding tert-OH is 1. The van der Waals surface area contributed by atoms with Gasteiger partial charge >= 0.3 is 0 Å². The molecule has 1 aliphatic rings. The van der Waals surface area contributed by atoms with Crippen LogP contribution < -0.4 is 0 Å². The lowest BCUT2D eigenvalue weighted by Gasteiger charge is -2.13. The molecule has 2 nitrogen and oxygen atoms in total. The SMILES string of the molecule is C=C=C1CO[C@H](c2ccccc2)[C@H]1O. The number of benzene rings is 1. The molecule has 2 atom stereocenters. The fourth-order valence-electron chi connectivity index (χ4n) is 1.62. The van der Waals surface area contributed by atoms with Gasteiger partial charge in [0.05, 0.1) is 6.61 Å². The summed E-state index contributed by atoms with van der Waals surface area (Å²) in [6.07, 6.45) is -0.865. The van der Waals surface area contributed by atoms with Crippen LogP contribution in [0.15, 0.2) is 48.2 Å². The van der Waals surface area contributed by atoms with Gasteiger partial charge in [0.1, 0.15) is 12.2 Å². The lowest BCUT2D eigenvalue weighted by Crippen LogP contribution is -2.13. The van der Waals surface area contributed by atoms with Gasteiger partial charge in [-0.25, -0.2) is 0 Å². The maximum Gasteiger partial charge on any atom is 0.115 e. The van der Waals surface area contributed by atoms with Crippen molar-refractivity contribution < 1.29 is 9.84 Å². The molecule has 0 unspecified atom stereocenters. The third kappa shape index (κ3) is 1.51. The summed E-state index contributed by atoms with van der Waals surface area (Å²) in [5.41, 5.74) is 4.43. The number of aliphatic hydroxyl groups is 1. The van der Waals surface area contributed by atoms with Crippen molar-refractivity contribution in [1.82, 2.24) is 0 Å². The highest BCUT2D eigenvalue weighted by Crippen LogP contribution is 2.31. The second kappa shape index (κ2) is 3.81. The first-order valence-corrected chi connectivity index (χ1v) is 4.56. The molecule has 1 aromatic rings. The lowest BCUT2D eigenvalue weighted by molar-refractivity contribution is 0.0436.